The van der Waals surface area contributed by atoms with E-state index < -0.39 is 0 Å². The van der Waals surface area contributed by atoms with Gasteiger partial charge in [0.05, 0.1) is 8.46 Å². The molecular formula is C18H25NO. The smallest absolute Gasteiger partial charge is 0.119 e. The third-order valence-electron chi connectivity index (χ3n) is 6.25. The van der Waals surface area contributed by atoms with Crippen LogP contribution < -0.4 is 4.74 Å². The van der Waals surface area contributed by atoms with Crippen LogP contribution in [0, 0.1) is 5.92 Å². The lowest BCUT2D eigenvalue weighted by Gasteiger charge is -2.58. The number of ether oxygens (including phenoxy) is 1. The van der Waals surface area contributed by atoms with Gasteiger partial charge in [-0.3, -0.25) is 0 Å². The molecule has 4 rings (SSSR count). The molecule has 2 fully saturated rings. The molecule has 2 bridgehead atoms. The Balaban J connectivity index is 1.83. The SMILES string of the molecule is [2H]COc1ccc2c(c1)[C@@]13CCCC[C@H]1[C@@H](C2)N(C)CC3. The first-order valence-corrected chi connectivity index (χ1v) is 8.00. The lowest BCUT2D eigenvalue weighted by atomic mass is 9.52. The number of fused-ring (bicyclic) bond motifs is 1. The van der Waals surface area contributed by atoms with Crippen LogP contribution in [-0.2, 0) is 11.8 Å². The standard InChI is InChI=1S/C18H25NO/c1-19-10-9-18-8-4-3-5-15(18)17(19)11-13-6-7-14(20-2)12-16(13)18/h6-7,12,15,17H,3-5,8-11H2,1-2H3/t15-,17+,18+/m0/s1/i2D. The summed E-state index contributed by atoms with van der Waals surface area (Å²) in [5, 5.41) is 0. The highest BCUT2D eigenvalue weighted by Gasteiger charge is 2.53. The first-order chi connectivity index (χ1) is 10.2. The maximum Gasteiger partial charge on any atom is 0.119 e. The van der Waals surface area contributed by atoms with Gasteiger partial charge >= 0.3 is 0 Å². The molecule has 108 valence electrons. The van der Waals surface area contributed by atoms with Crippen molar-refractivity contribution in [3.8, 4) is 5.75 Å². The molecule has 0 N–H and O–H groups in total. The minimum absolute atomic E-state index is 0.0145. The van der Waals surface area contributed by atoms with Crippen LogP contribution in [0.4, 0.5) is 0 Å². The maximum absolute atomic E-state index is 7.30. The molecule has 3 aliphatic rings. The molecule has 0 amide bonds. The fourth-order valence-electron chi connectivity index (χ4n) is 5.27. The number of piperidine rings is 1. The van der Waals surface area contributed by atoms with Crippen molar-refractivity contribution < 1.29 is 6.11 Å². The molecule has 0 aromatic heterocycles. The van der Waals surface area contributed by atoms with Crippen molar-refractivity contribution in [3.05, 3.63) is 29.3 Å². The van der Waals surface area contributed by atoms with Gasteiger partial charge in [0.1, 0.15) is 5.75 Å². The molecule has 20 heavy (non-hydrogen) atoms. The average Bonchev–Trinajstić information content (AvgIpc) is 2.52. The van der Waals surface area contributed by atoms with Gasteiger partial charge < -0.3 is 9.64 Å². The monoisotopic (exact) mass is 272 g/mol. The summed E-state index contributed by atoms with van der Waals surface area (Å²) in [4.78, 5) is 2.60. The summed E-state index contributed by atoms with van der Waals surface area (Å²) in [6, 6.07) is 7.32. The van der Waals surface area contributed by atoms with E-state index in [9.17, 15) is 0 Å². The van der Waals surface area contributed by atoms with Gasteiger partial charge in [0.2, 0.25) is 0 Å². The highest BCUT2D eigenvalue weighted by molar-refractivity contribution is 5.45. The fourth-order valence-corrected chi connectivity index (χ4v) is 5.27. The second-order valence-corrected chi connectivity index (χ2v) is 6.97. The molecule has 1 heterocycles. The molecule has 2 aliphatic carbocycles. The Bertz CT molecular complexity index is 546. The normalized spacial score (nSPS) is 36.8. The summed E-state index contributed by atoms with van der Waals surface area (Å²) in [6.07, 6.45) is 7.99. The zero-order valence-electron chi connectivity index (χ0n) is 13.4. The van der Waals surface area contributed by atoms with Crippen molar-refractivity contribution in [2.45, 2.75) is 50.0 Å². The molecule has 2 nitrogen and oxygen atoms in total. The number of likely N-dealkylation sites (N-methyl/N-ethyl adjacent to an activating group) is 1. The molecule has 1 aliphatic heterocycles. The number of benzene rings is 1. The van der Waals surface area contributed by atoms with Gasteiger partial charge in [0.15, 0.2) is 0 Å². The largest absolute Gasteiger partial charge is 0.497 e. The second-order valence-electron chi connectivity index (χ2n) is 6.97. The highest BCUT2D eigenvalue weighted by atomic mass is 16.5. The van der Waals surface area contributed by atoms with Crippen LogP contribution in [0.25, 0.3) is 0 Å². The summed E-state index contributed by atoms with van der Waals surface area (Å²) in [5.74, 6) is 1.71. The van der Waals surface area contributed by atoms with Gasteiger partial charge in [-0.1, -0.05) is 18.9 Å². The van der Waals surface area contributed by atoms with Crippen molar-refractivity contribution in [2.24, 2.45) is 5.92 Å². The van der Waals surface area contributed by atoms with Crippen LogP contribution >= 0.6 is 0 Å². The van der Waals surface area contributed by atoms with Crippen LogP contribution in [0.15, 0.2) is 18.2 Å². The molecule has 1 saturated carbocycles. The predicted octanol–water partition coefficient (Wildman–Crippen LogP) is 3.38. The second kappa shape index (κ2) is 4.49. The Morgan fingerprint density at radius 1 is 1.35 bits per heavy atom. The third-order valence-corrected chi connectivity index (χ3v) is 6.25. The van der Waals surface area contributed by atoms with E-state index in [1.807, 2.05) is 0 Å². The summed E-state index contributed by atoms with van der Waals surface area (Å²) >= 11 is 0. The first kappa shape index (κ1) is 11.6. The molecule has 0 spiro atoms. The molecular weight excluding hydrogens is 246 g/mol. The van der Waals surface area contributed by atoms with E-state index in [1.165, 1.54) is 50.6 Å². The minimum atomic E-state index is 0.0145. The van der Waals surface area contributed by atoms with Gasteiger partial charge in [0, 0.05) is 11.5 Å². The third kappa shape index (κ3) is 1.60. The fraction of sp³-hybridized carbons (Fsp3) is 0.667. The van der Waals surface area contributed by atoms with Gasteiger partial charge in [-0.05, 0) is 68.5 Å². The molecule has 1 aromatic rings. The zero-order chi connectivity index (χ0) is 14.4. The van der Waals surface area contributed by atoms with E-state index in [2.05, 4.69) is 30.1 Å². The van der Waals surface area contributed by atoms with E-state index in [-0.39, 0.29) is 7.09 Å². The number of hydrogen-bond donors (Lipinski definition) is 0. The van der Waals surface area contributed by atoms with Crippen molar-refractivity contribution in [3.63, 3.8) is 0 Å². The average molecular weight is 272 g/mol. The number of hydrogen-bond acceptors (Lipinski definition) is 2. The van der Waals surface area contributed by atoms with Gasteiger partial charge in [-0.15, -0.1) is 0 Å². The van der Waals surface area contributed by atoms with E-state index >= 15 is 0 Å². The van der Waals surface area contributed by atoms with Crippen LogP contribution in [0.2, 0.25) is 0 Å². The number of rotatable bonds is 1. The lowest BCUT2D eigenvalue weighted by Crippen LogP contribution is -2.59. The van der Waals surface area contributed by atoms with E-state index in [1.54, 1.807) is 5.56 Å². The Morgan fingerprint density at radius 3 is 3.20 bits per heavy atom. The zero-order valence-corrected chi connectivity index (χ0v) is 12.4. The quantitative estimate of drug-likeness (QED) is 0.777. The van der Waals surface area contributed by atoms with Gasteiger partial charge in [0.25, 0.3) is 0 Å². The molecule has 0 radical (unpaired) electrons. The highest BCUT2D eigenvalue weighted by Crippen LogP contribution is 2.55. The number of methoxy groups -OCH3 is 1. The predicted molar refractivity (Wildman–Crippen MR) is 81.4 cm³/mol. The van der Waals surface area contributed by atoms with Crippen LogP contribution in [-0.4, -0.2) is 31.6 Å². The summed E-state index contributed by atoms with van der Waals surface area (Å²) < 4.78 is 12.8. The van der Waals surface area contributed by atoms with Gasteiger partial charge in [-0.2, -0.15) is 0 Å². The van der Waals surface area contributed by atoms with E-state index in [4.69, 9.17) is 6.11 Å². The van der Waals surface area contributed by atoms with Crippen LogP contribution in [0.3, 0.4) is 0 Å². The Labute approximate surface area is 123 Å². The maximum atomic E-state index is 7.30. The van der Waals surface area contributed by atoms with Crippen LogP contribution in [0.5, 0.6) is 5.75 Å². The van der Waals surface area contributed by atoms with Crippen molar-refractivity contribution in [2.75, 3.05) is 20.7 Å². The Kier molecular flexibility index (Phi) is 2.61. The first-order valence-electron chi connectivity index (χ1n) is 8.71. The minimum Gasteiger partial charge on any atom is -0.497 e. The molecule has 0 unspecified atom stereocenters. The van der Waals surface area contributed by atoms with E-state index in [0.717, 1.165) is 17.7 Å². The van der Waals surface area contributed by atoms with Crippen molar-refractivity contribution in [1.82, 2.24) is 4.90 Å². The molecule has 1 saturated heterocycles. The summed E-state index contributed by atoms with van der Waals surface area (Å²) in [7, 11) is 2.33. The lowest BCUT2D eigenvalue weighted by molar-refractivity contribution is 0.00274. The topological polar surface area (TPSA) is 12.5 Å². The number of nitrogens with zero attached hydrogens (tertiary/aromatic N) is 1. The summed E-state index contributed by atoms with van der Waals surface area (Å²) in [5.41, 5.74) is 3.48. The summed E-state index contributed by atoms with van der Waals surface area (Å²) in [6.45, 7) is 1.23. The number of likely N-dealkylation sites (tertiary alicyclic amines) is 1. The Morgan fingerprint density at radius 2 is 2.30 bits per heavy atom. The Hall–Kier alpha value is -1.02. The van der Waals surface area contributed by atoms with E-state index in [0.29, 0.717) is 5.41 Å². The molecule has 3 atom stereocenters. The van der Waals surface area contributed by atoms with Crippen LogP contribution in [0.1, 0.15) is 44.6 Å². The molecule has 2 heteroatoms. The van der Waals surface area contributed by atoms with Crippen molar-refractivity contribution in [1.29, 1.82) is 0 Å². The van der Waals surface area contributed by atoms with Crippen molar-refractivity contribution >= 4 is 0 Å². The molecule has 1 aromatic carbocycles. The van der Waals surface area contributed by atoms with Gasteiger partial charge in [-0.25, -0.2) is 0 Å².